The SMILES string of the molecule is COc1ccc(CN(C)C[C@@H]2Oc3c(NC(=O)Nc4cccc5ccccc45)cccc3C(=O)N([C@H](C)CO)C[C@@H]2C)cc1. The number of hydrogen-bond donors (Lipinski definition) is 3. The van der Waals surface area contributed by atoms with Crippen LogP contribution in [0.3, 0.4) is 0 Å². The first-order valence-electron chi connectivity index (χ1n) is 14.9. The lowest BCUT2D eigenvalue weighted by Crippen LogP contribution is -2.49. The molecule has 4 aromatic carbocycles. The fourth-order valence-electron chi connectivity index (χ4n) is 5.58. The largest absolute Gasteiger partial charge is 0.497 e. The Morgan fingerprint density at radius 2 is 1.70 bits per heavy atom. The van der Waals surface area contributed by atoms with E-state index in [4.69, 9.17) is 9.47 Å². The van der Waals surface area contributed by atoms with Gasteiger partial charge in [-0.05, 0) is 55.3 Å². The Labute approximate surface area is 258 Å². The van der Waals surface area contributed by atoms with Crippen molar-refractivity contribution in [3.8, 4) is 11.5 Å². The van der Waals surface area contributed by atoms with Crippen molar-refractivity contribution >= 4 is 34.1 Å². The van der Waals surface area contributed by atoms with Gasteiger partial charge in [-0.3, -0.25) is 9.69 Å². The van der Waals surface area contributed by atoms with E-state index < -0.39 is 6.03 Å². The van der Waals surface area contributed by atoms with E-state index in [9.17, 15) is 14.7 Å². The van der Waals surface area contributed by atoms with Crippen LogP contribution in [0, 0.1) is 5.92 Å². The number of urea groups is 1. The summed E-state index contributed by atoms with van der Waals surface area (Å²) < 4.78 is 12.0. The average molecular weight is 597 g/mol. The fraction of sp³-hybridized carbons (Fsp3) is 0.314. The van der Waals surface area contributed by atoms with Crippen molar-refractivity contribution in [3.05, 3.63) is 96.1 Å². The lowest BCUT2D eigenvalue weighted by Gasteiger charge is -2.38. The second kappa shape index (κ2) is 13.8. The highest BCUT2D eigenvalue weighted by atomic mass is 16.5. The van der Waals surface area contributed by atoms with Gasteiger partial charge in [0.05, 0.1) is 36.7 Å². The summed E-state index contributed by atoms with van der Waals surface area (Å²) in [7, 11) is 3.68. The summed E-state index contributed by atoms with van der Waals surface area (Å²) in [5.41, 5.74) is 2.53. The van der Waals surface area contributed by atoms with Crippen LogP contribution in [0.5, 0.6) is 11.5 Å². The zero-order chi connectivity index (χ0) is 31.2. The minimum atomic E-state index is -0.449. The Morgan fingerprint density at radius 1 is 1.02 bits per heavy atom. The predicted octanol–water partition coefficient (Wildman–Crippen LogP) is 5.84. The van der Waals surface area contributed by atoms with Crippen LogP contribution in [-0.2, 0) is 6.54 Å². The van der Waals surface area contributed by atoms with E-state index in [0.717, 1.165) is 22.1 Å². The summed E-state index contributed by atoms with van der Waals surface area (Å²) in [5, 5.41) is 17.8. The molecule has 0 aromatic heterocycles. The van der Waals surface area contributed by atoms with Crippen LogP contribution < -0.4 is 20.1 Å². The topological polar surface area (TPSA) is 103 Å². The standard InChI is InChI=1S/C35H40N4O5/c1-23-19-39(24(2)22-40)34(41)29-12-8-14-31(37-35(42)36-30-13-7-10-26-9-5-6-11-28(26)30)33(29)44-32(23)21-38(3)20-25-15-17-27(43-4)18-16-25/h5-18,23-24,32,40H,19-22H2,1-4H3,(H2,36,37,42)/t23-,24+,32-/m0/s1. The molecular weight excluding hydrogens is 556 g/mol. The van der Waals surface area contributed by atoms with E-state index in [-0.39, 0.29) is 30.6 Å². The third kappa shape index (κ3) is 6.96. The van der Waals surface area contributed by atoms with E-state index in [2.05, 4.69) is 15.5 Å². The molecule has 5 rings (SSSR count). The number of ether oxygens (including phenoxy) is 2. The summed E-state index contributed by atoms with van der Waals surface area (Å²) in [6.45, 7) is 5.38. The monoisotopic (exact) mass is 596 g/mol. The number of hydrogen-bond acceptors (Lipinski definition) is 6. The summed E-state index contributed by atoms with van der Waals surface area (Å²) in [6.07, 6.45) is -0.317. The first-order valence-corrected chi connectivity index (χ1v) is 14.9. The van der Waals surface area contributed by atoms with Crippen LogP contribution in [0.2, 0.25) is 0 Å². The number of likely N-dealkylation sites (N-methyl/N-ethyl adjacent to an activating group) is 1. The van der Waals surface area contributed by atoms with Crippen molar-refractivity contribution in [2.24, 2.45) is 5.92 Å². The van der Waals surface area contributed by atoms with Crippen molar-refractivity contribution < 1.29 is 24.2 Å². The van der Waals surface area contributed by atoms with E-state index in [1.807, 2.05) is 87.6 Å². The molecule has 9 nitrogen and oxygen atoms in total. The number of carbonyl (C=O) groups is 2. The molecule has 1 aliphatic heterocycles. The molecule has 1 aliphatic rings. The maximum Gasteiger partial charge on any atom is 0.323 e. The molecule has 1 heterocycles. The van der Waals surface area contributed by atoms with Crippen molar-refractivity contribution in [2.75, 3.05) is 44.5 Å². The Balaban J connectivity index is 1.42. The first kappa shape index (κ1) is 30.8. The Hall–Kier alpha value is -4.60. The van der Waals surface area contributed by atoms with Crippen LogP contribution in [0.4, 0.5) is 16.2 Å². The third-order valence-corrected chi connectivity index (χ3v) is 8.08. The summed E-state index contributed by atoms with van der Waals surface area (Å²) >= 11 is 0. The minimum Gasteiger partial charge on any atom is -0.497 e. The zero-order valence-electron chi connectivity index (χ0n) is 25.6. The first-order chi connectivity index (χ1) is 21.3. The number of methoxy groups -OCH3 is 1. The second-order valence-corrected chi connectivity index (χ2v) is 11.5. The highest BCUT2D eigenvalue weighted by Crippen LogP contribution is 2.35. The average Bonchev–Trinajstić information content (AvgIpc) is 3.03. The van der Waals surface area contributed by atoms with Gasteiger partial charge in [0.25, 0.3) is 5.91 Å². The number of carbonyl (C=O) groups excluding carboxylic acids is 2. The quantitative estimate of drug-likeness (QED) is 0.224. The molecule has 0 aliphatic carbocycles. The van der Waals surface area contributed by atoms with Crippen molar-refractivity contribution in [2.45, 2.75) is 32.5 Å². The van der Waals surface area contributed by atoms with Gasteiger partial charge in [0.2, 0.25) is 0 Å². The Bertz CT molecular complexity index is 1600. The molecule has 0 saturated carbocycles. The molecule has 0 radical (unpaired) electrons. The third-order valence-electron chi connectivity index (χ3n) is 8.08. The molecule has 4 aromatic rings. The Kier molecular flexibility index (Phi) is 9.67. The van der Waals surface area contributed by atoms with E-state index >= 15 is 0 Å². The van der Waals surface area contributed by atoms with Gasteiger partial charge in [-0.25, -0.2) is 4.79 Å². The molecule has 0 unspecified atom stereocenters. The van der Waals surface area contributed by atoms with Gasteiger partial charge in [0, 0.05) is 30.9 Å². The van der Waals surface area contributed by atoms with Gasteiger partial charge in [0.1, 0.15) is 11.9 Å². The number of benzene rings is 4. The lowest BCUT2D eigenvalue weighted by molar-refractivity contribution is 0.0343. The van der Waals surface area contributed by atoms with Crippen LogP contribution >= 0.6 is 0 Å². The molecule has 0 bridgehead atoms. The van der Waals surface area contributed by atoms with Gasteiger partial charge in [-0.1, -0.05) is 61.5 Å². The van der Waals surface area contributed by atoms with Gasteiger partial charge < -0.3 is 30.1 Å². The van der Waals surface area contributed by atoms with Crippen LogP contribution in [0.15, 0.2) is 84.9 Å². The summed E-state index contributed by atoms with van der Waals surface area (Å²) in [4.78, 5) is 31.0. The van der Waals surface area contributed by atoms with Gasteiger partial charge in [-0.2, -0.15) is 0 Å². The van der Waals surface area contributed by atoms with Crippen molar-refractivity contribution in [3.63, 3.8) is 0 Å². The van der Waals surface area contributed by atoms with E-state index in [0.29, 0.717) is 42.3 Å². The normalized spacial score (nSPS) is 17.3. The number of amides is 3. The zero-order valence-corrected chi connectivity index (χ0v) is 25.6. The fourth-order valence-corrected chi connectivity index (χ4v) is 5.58. The molecule has 3 atom stereocenters. The number of aliphatic hydroxyl groups excluding tert-OH is 1. The summed E-state index contributed by atoms with van der Waals surface area (Å²) in [6, 6.07) is 25.8. The predicted molar refractivity (Wildman–Crippen MR) is 174 cm³/mol. The molecule has 230 valence electrons. The van der Waals surface area contributed by atoms with Gasteiger partial charge >= 0.3 is 6.03 Å². The van der Waals surface area contributed by atoms with Crippen LogP contribution in [0.25, 0.3) is 10.8 Å². The molecule has 0 spiro atoms. The summed E-state index contributed by atoms with van der Waals surface area (Å²) in [5.74, 6) is 0.793. The number of anilines is 2. The molecular formula is C35H40N4O5. The molecule has 44 heavy (non-hydrogen) atoms. The number of para-hydroxylation sites is 1. The maximum absolute atomic E-state index is 13.8. The number of aliphatic hydroxyl groups is 1. The van der Waals surface area contributed by atoms with E-state index in [1.54, 1.807) is 30.2 Å². The molecule has 3 amide bonds. The highest BCUT2D eigenvalue weighted by molar-refractivity contribution is 6.08. The lowest BCUT2D eigenvalue weighted by atomic mass is 9.99. The molecule has 0 fully saturated rings. The number of nitrogens with zero attached hydrogens (tertiary/aromatic N) is 2. The van der Waals surface area contributed by atoms with Crippen molar-refractivity contribution in [1.29, 1.82) is 0 Å². The number of rotatable bonds is 9. The van der Waals surface area contributed by atoms with Gasteiger partial charge in [-0.15, -0.1) is 0 Å². The van der Waals surface area contributed by atoms with Crippen LogP contribution in [-0.4, -0.2) is 72.8 Å². The van der Waals surface area contributed by atoms with Gasteiger partial charge in [0.15, 0.2) is 5.75 Å². The molecule has 3 N–H and O–H groups in total. The highest BCUT2D eigenvalue weighted by Gasteiger charge is 2.34. The van der Waals surface area contributed by atoms with E-state index in [1.165, 1.54) is 0 Å². The second-order valence-electron chi connectivity index (χ2n) is 11.5. The van der Waals surface area contributed by atoms with Crippen LogP contribution in [0.1, 0.15) is 29.8 Å². The number of fused-ring (bicyclic) bond motifs is 2. The molecule has 9 heteroatoms. The maximum atomic E-state index is 13.8. The number of nitrogens with one attached hydrogen (secondary N) is 2. The molecule has 0 saturated heterocycles. The van der Waals surface area contributed by atoms with Crippen molar-refractivity contribution in [1.82, 2.24) is 9.80 Å². The Morgan fingerprint density at radius 3 is 2.45 bits per heavy atom. The minimum absolute atomic E-state index is 0.0722. The smallest absolute Gasteiger partial charge is 0.323 e.